The molecule has 5 heteroatoms. The number of aliphatic hydroxyl groups excluding tert-OH is 2. The Bertz CT molecular complexity index is 159. The number of hydrogen-bond acceptors (Lipinski definition) is 5. The van der Waals surface area contributed by atoms with E-state index in [4.69, 9.17) is 10.4 Å². The highest BCUT2D eigenvalue weighted by molar-refractivity contribution is 5.72. The summed E-state index contributed by atoms with van der Waals surface area (Å²) in [6, 6.07) is 0. The highest BCUT2D eigenvalue weighted by Gasteiger charge is 2.27. The van der Waals surface area contributed by atoms with Crippen LogP contribution in [-0.2, 0) is 9.68 Å². The van der Waals surface area contributed by atoms with E-state index in [9.17, 15) is 9.90 Å². The second-order valence-corrected chi connectivity index (χ2v) is 3.24. The van der Waals surface area contributed by atoms with Crippen LogP contribution in [0.5, 0.6) is 0 Å². The lowest BCUT2D eigenvalue weighted by Gasteiger charge is -2.18. The predicted molar refractivity (Wildman–Crippen MR) is 49.4 cm³/mol. The molecule has 84 valence electrons. The van der Waals surface area contributed by atoms with Gasteiger partial charge in [-0.25, -0.2) is 4.79 Å². The van der Waals surface area contributed by atoms with Crippen LogP contribution in [-0.4, -0.2) is 34.2 Å². The number of carbonyl (C=O) groups is 1. The van der Waals surface area contributed by atoms with E-state index in [1.807, 2.05) is 6.92 Å². The lowest BCUT2D eigenvalue weighted by Crippen LogP contribution is -2.30. The highest BCUT2D eigenvalue weighted by atomic mass is 17.1. The van der Waals surface area contributed by atoms with Gasteiger partial charge in [0.15, 0.2) is 0 Å². The molecule has 5 nitrogen and oxygen atoms in total. The Labute approximate surface area is 83.2 Å². The van der Waals surface area contributed by atoms with E-state index < -0.39 is 18.0 Å². The summed E-state index contributed by atoms with van der Waals surface area (Å²) in [5, 5.41) is 26.3. The van der Waals surface area contributed by atoms with Crippen LogP contribution >= 0.6 is 0 Å². The lowest BCUT2D eigenvalue weighted by molar-refractivity contribution is -0.242. The number of carbonyl (C=O) groups excluding carboxylic acids is 1. The van der Waals surface area contributed by atoms with Crippen molar-refractivity contribution in [3.05, 3.63) is 0 Å². The maximum absolute atomic E-state index is 11.0. The van der Waals surface area contributed by atoms with Crippen LogP contribution in [0.15, 0.2) is 0 Å². The summed E-state index contributed by atoms with van der Waals surface area (Å²) in [7, 11) is 0. The van der Waals surface area contributed by atoms with Crippen LogP contribution in [0.1, 0.15) is 32.6 Å². The van der Waals surface area contributed by atoms with Gasteiger partial charge in [0.2, 0.25) is 0 Å². The fourth-order valence-corrected chi connectivity index (χ4v) is 1.29. The molecule has 0 aliphatic rings. The van der Waals surface area contributed by atoms with Crippen molar-refractivity contribution in [3.63, 3.8) is 0 Å². The van der Waals surface area contributed by atoms with Crippen molar-refractivity contribution in [2.45, 2.75) is 38.7 Å². The number of aliphatic hydroxyl groups is 2. The molecule has 0 rings (SSSR count). The summed E-state index contributed by atoms with van der Waals surface area (Å²) < 4.78 is 0. The van der Waals surface area contributed by atoms with Crippen LogP contribution in [0.3, 0.4) is 0 Å². The molecule has 0 spiro atoms. The van der Waals surface area contributed by atoms with E-state index in [-0.39, 0.29) is 13.0 Å². The van der Waals surface area contributed by atoms with E-state index in [0.717, 1.165) is 12.8 Å². The van der Waals surface area contributed by atoms with Gasteiger partial charge in [-0.05, 0) is 12.8 Å². The predicted octanol–water partition coefficient (Wildman–Crippen LogP) is 0.552. The first-order valence-electron chi connectivity index (χ1n) is 4.81. The zero-order valence-electron chi connectivity index (χ0n) is 8.35. The average Bonchev–Trinajstić information content (AvgIpc) is 2.18. The Morgan fingerprint density at radius 3 is 2.50 bits per heavy atom. The first kappa shape index (κ1) is 13.4. The molecular formula is C9H18O5. The van der Waals surface area contributed by atoms with Gasteiger partial charge < -0.3 is 15.1 Å². The Morgan fingerprint density at radius 1 is 1.43 bits per heavy atom. The fraction of sp³-hybridized carbons (Fsp3) is 0.889. The van der Waals surface area contributed by atoms with Crippen molar-refractivity contribution < 1.29 is 25.2 Å². The zero-order valence-corrected chi connectivity index (χ0v) is 8.35. The van der Waals surface area contributed by atoms with E-state index in [1.165, 1.54) is 0 Å². The van der Waals surface area contributed by atoms with E-state index in [2.05, 4.69) is 4.89 Å². The third kappa shape index (κ3) is 4.55. The molecule has 0 heterocycles. The minimum atomic E-state index is -0.953. The van der Waals surface area contributed by atoms with Gasteiger partial charge in [-0.1, -0.05) is 19.8 Å². The van der Waals surface area contributed by atoms with Crippen molar-refractivity contribution >= 4 is 5.97 Å². The van der Waals surface area contributed by atoms with Gasteiger partial charge in [0.1, 0.15) is 0 Å². The Kier molecular flexibility index (Phi) is 7.37. The molecule has 0 fully saturated rings. The molecule has 0 aliphatic carbocycles. The van der Waals surface area contributed by atoms with E-state index in [0.29, 0.717) is 6.42 Å². The van der Waals surface area contributed by atoms with Crippen molar-refractivity contribution in [2.24, 2.45) is 5.92 Å². The Morgan fingerprint density at radius 2 is 2.07 bits per heavy atom. The third-order valence-corrected chi connectivity index (χ3v) is 2.15. The number of hydrogen-bond donors (Lipinski definition) is 3. The van der Waals surface area contributed by atoms with Crippen LogP contribution in [0.2, 0.25) is 0 Å². The van der Waals surface area contributed by atoms with Crippen LogP contribution in [0.4, 0.5) is 0 Å². The van der Waals surface area contributed by atoms with Crippen molar-refractivity contribution in [1.29, 1.82) is 0 Å². The molecule has 0 aromatic carbocycles. The SMILES string of the molecule is CCCCC(C(=O)OO)C(O)CCO. The van der Waals surface area contributed by atoms with Crippen LogP contribution in [0.25, 0.3) is 0 Å². The normalized spacial score (nSPS) is 14.9. The highest BCUT2D eigenvalue weighted by Crippen LogP contribution is 2.17. The lowest BCUT2D eigenvalue weighted by atomic mass is 9.94. The quantitative estimate of drug-likeness (QED) is 0.418. The largest absolute Gasteiger partial charge is 0.396 e. The topological polar surface area (TPSA) is 87.0 Å². The number of rotatable bonds is 7. The van der Waals surface area contributed by atoms with E-state index in [1.54, 1.807) is 0 Å². The van der Waals surface area contributed by atoms with Gasteiger partial charge in [0.25, 0.3) is 0 Å². The molecule has 0 aromatic heterocycles. The smallest absolute Gasteiger partial charge is 0.347 e. The van der Waals surface area contributed by atoms with Crippen molar-refractivity contribution in [1.82, 2.24) is 0 Å². The molecule has 3 N–H and O–H groups in total. The fourth-order valence-electron chi connectivity index (χ4n) is 1.29. The van der Waals surface area contributed by atoms with Gasteiger partial charge in [-0.3, -0.25) is 0 Å². The monoisotopic (exact) mass is 206 g/mol. The first-order valence-corrected chi connectivity index (χ1v) is 4.81. The summed E-state index contributed by atoms with van der Waals surface area (Å²) in [6.45, 7) is 1.77. The van der Waals surface area contributed by atoms with Gasteiger partial charge in [-0.15, -0.1) is 0 Å². The van der Waals surface area contributed by atoms with Gasteiger partial charge in [0.05, 0.1) is 12.0 Å². The molecule has 0 radical (unpaired) electrons. The summed E-state index contributed by atoms with van der Waals surface area (Å²) in [6.07, 6.45) is 1.27. The van der Waals surface area contributed by atoms with Crippen molar-refractivity contribution in [3.8, 4) is 0 Å². The molecule has 2 unspecified atom stereocenters. The number of unbranched alkanes of at least 4 members (excludes halogenated alkanes) is 1. The summed E-state index contributed by atoms with van der Waals surface area (Å²) >= 11 is 0. The van der Waals surface area contributed by atoms with Crippen molar-refractivity contribution in [2.75, 3.05) is 6.61 Å². The van der Waals surface area contributed by atoms with Gasteiger partial charge in [-0.2, -0.15) is 5.26 Å². The summed E-state index contributed by atoms with van der Waals surface area (Å²) in [5.74, 6) is -1.58. The van der Waals surface area contributed by atoms with Crippen LogP contribution in [0, 0.1) is 5.92 Å². The van der Waals surface area contributed by atoms with Gasteiger partial charge in [0, 0.05) is 6.61 Å². The minimum absolute atomic E-state index is 0.115. The maximum atomic E-state index is 11.0. The molecule has 0 saturated heterocycles. The minimum Gasteiger partial charge on any atom is -0.396 e. The molecule has 0 amide bonds. The zero-order chi connectivity index (χ0) is 11.0. The Balaban J connectivity index is 4.14. The molecule has 0 aliphatic heterocycles. The molecule has 2 atom stereocenters. The summed E-state index contributed by atoms with van der Waals surface area (Å²) in [4.78, 5) is 14.6. The second kappa shape index (κ2) is 7.73. The molecule has 0 saturated carbocycles. The second-order valence-electron chi connectivity index (χ2n) is 3.24. The molecule has 0 aromatic rings. The maximum Gasteiger partial charge on any atom is 0.347 e. The summed E-state index contributed by atoms with van der Waals surface area (Å²) in [5.41, 5.74) is 0. The molecule has 14 heavy (non-hydrogen) atoms. The standard InChI is InChI=1S/C9H18O5/c1-2-3-4-7(9(12)14-13)8(11)5-6-10/h7-8,10-11,13H,2-6H2,1H3. The molecular weight excluding hydrogens is 188 g/mol. The van der Waals surface area contributed by atoms with Gasteiger partial charge >= 0.3 is 5.97 Å². The Hall–Kier alpha value is -0.650. The first-order chi connectivity index (χ1) is 6.67. The van der Waals surface area contributed by atoms with Crippen LogP contribution < -0.4 is 0 Å². The van der Waals surface area contributed by atoms with E-state index >= 15 is 0 Å². The average molecular weight is 206 g/mol. The molecule has 0 bridgehead atoms. The third-order valence-electron chi connectivity index (χ3n) is 2.15.